The minimum Gasteiger partial charge on any atom is -0.442 e. The van der Waals surface area contributed by atoms with Gasteiger partial charge >= 0.3 is 6.09 Å². The van der Waals surface area contributed by atoms with Crippen LogP contribution in [0, 0.1) is 0 Å². The van der Waals surface area contributed by atoms with Crippen LogP contribution in [0.15, 0.2) is 0 Å². The summed E-state index contributed by atoms with van der Waals surface area (Å²) in [5, 5.41) is 2.62. The number of hydrogen-bond acceptors (Lipinski definition) is 5. The van der Waals surface area contributed by atoms with Gasteiger partial charge in [-0.1, -0.05) is 6.42 Å². The Balaban J connectivity index is 3.50. The molecule has 4 N–H and O–H groups in total. The van der Waals surface area contributed by atoms with Gasteiger partial charge in [-0.25, -0.2) is 4.79 Å². The fourth-order valence-electron chi connectivity index (χ4n) is 1.34. The van der Waals surface area contributed by atoms with Gasteiger partial charge in [0.05, 0.1) is 0 Å². The van der Waals surface area contributed by atoms with Crippen LogP contribution in [-0.2, 0) is 19.2 Å². The van der Waals surface area contributed by atoms with Gasteiger partial charge in [0.1, 0.15) is 5.60 Å². The van der Waals surface area contributed by atoms with E-state index in [1.807, 2.05) is 5.48 Å². The molecular formula is C13H25N3O5. The molecule has 0 aromatic rings. The predicted molar refractivity (Wildman–Crippen MR) is 76.0 cm³/mol. The topological polar surface area (TPSA) is 120 Å². The number of ether oxygens (including phenoxy) is 1. The van der Waals surface area contributed by atoms with Crippen molar-refractivity contribution in [3.05, 3.63) is 0 Å². The quantitative estimate of drug-likeness (QED) is 0.425. The summed E-state index contributed by atoms with van der Waals surface area (Å²) in [5.41, 5.74) is 6.40. The molecule has 0 aromatic carbocycles. The second-order valence-corrected chi connectivity index (χ2v) is 5.52. The first kappa shape index (κ1) is 19.2. The molecule has 0 spiro atoms. The Morgan fingerprint density at radius 3 is 2.33 bits per heavy atom. The van der Waals surface area contributed by atoms with E-state index < -0.39 is 11.7 Å². The molecule has 0 aliphatic heterocycles. The van der Waals surface area contributed by atoms with Crippen molar-refractivity contribution in [2.45, 2.75) is 52.1 Å². The highest BCUT2D eigenvalue weighted by atomic mass is 16.7. The zero-order valence-corrected chi connectivity index (χ0v) is 12.9. The molecule has 8 nitrogen and oxygen atoms in total. The number of hydroxylamine groups is 1. The number of nitrogens with one attached hydrogen (secondary N) is 2. The van der Waals surface area contributed by atoms with E-state index in [4.69, 9.17) is 15.3 Å². The Bertz CT molecular complexity index is 352. The summed E-state index contributed by atoms with van der Waals surface area (Å²) < 4.78 is 4.92. The average molecular weight is 303 g/mol. The Kier molecular flexibility index (Phi) is 9.11. The Morgan fingerprint density at radius 2 is 1.76 bits per heavy atom. The van der Waals surface area contributed by atoms with Crippen molar-refractivity contribution < 1.29 is 24.0 Å². The number of nitrogens with two attached hydrogens (primary N) is 1. The molecule has 0 aromatic heterocycles. The molecule has 0 fully saturated rings. The number of amides is 3. The third-order valence-corrected chi connectivity index (χ3v) is 2.18. The number of rotatable bonds is 9. The van der Waals surface area contributed by atoms with E-state index in [9.17, 15) is 14.4 Å². The summed E-state index contributed by atoms with van der Waals surface area (Å²) in [4.78, 5) is 37.8. The summed E-state index contributed by atoms with van der Waals surface area (Å²) in [6.45, 7) is 5.35. The van der Waals surface area contributed by atoms with Crippen LogP contribution < -0.4 is 16.5 Å². The Morgan fingerprint density at radius 1 is 1.10 bits per heavy atom. The van der Waals surface area contributed by atoms with Crippen LogP contribution in [0.1, 0.15) is 46.5 Å². The summed E-state index contributed by atoms with van der Waals surface area (Å²) in [5.74, 6) is -0.665. The van der Waals surface area contributed by atoms with E-state index in [0.717, 1.165) is 12.8 Å². The summed E-state index contributed by atoms with van der Waals surface area (Å²) >= 11 is 0. The maximum Gasteiger partial charge on any atom is 0.431 e. The van der Waals surface area contributed by atoms with Crippen molar-refractivity contribution in [2.75, 3.05) is 13.2 Å². The normalized spacial score (nSPS) is 10.8. The van der Waals surface area contributed by atoms with Gasteiger partial charge in [-0.2, -0.15) is 5.48 Å². The van der Waals surface area contributed by atoms with E-state index in [1.165, 1.54) is 0 Å². The fourth-order valence-corrected chi connectivity index (χ4v) is 1.34. The molecule has 0 unspecified atom stereocenters. The van der Waals surface area contributed by atoms with Gasteiger partial charge < -0.3 is 15.8 Å². The van der Waals surface area contributed by atoms with Gasteiger partial charge in [0.25, 0.3) is 0 Å². The second kappa shape index (κ2) is 9.98. The molecule has 3 amide bonds. The van der Waals surface area contributed by atoms with Crippen LogP contribution >= 0.6 is 0 Å². The van der Waals surface area contributed by atoms with E-state index in [2.05, 4.69) is 5.32 Å². The molecule has 0 saturated heterocycles. The molecule has 8 heteroatoms. The van der Waals surface area contributed by atoms with Gasteiger partial charge in [0, 0.05) is 13.0 Å². The molecule has 0 atom stereocenters. The van der Waals surface area contributed by atoms with Gasteiger partial charge in [-0.05, 0) is 33.6 Å². The van der Waals surface area contributed by atoms with E-state index in [1.54, 1.807) is 20.8 Å². The van der Waals surface area contributed by atoms with Crippen molar-refractivity contribution in [2.24, 2.45) is 5.73 Å². The lowest BCUT2D eigenvalue weighted by Gasteiger charge is -2.19. The first-order valence-corrected chi connectivity index (χ1v) is 6.86. The molecule has 21 heavy (non-hydrogen) atoms. The van der Waals surface area contributed by atoms with Crippen molar-refractivity contribution in [1.82, 2.24) is 10.8 Å². The molecule has 122 valence electrons. The number of primary amides is 1. The molecular weight excluding hydrogens is 278 g/mol. The lowest BCUT2D eigenvalue weighted by molar-refractivity contribution is -0.128. The van der Waals surface area contributed by atoms with Crippen LogP contribution in [-0.4, -0.2) is 36.7 Å². The van der Waals surface area contributed by atoms with Gasteiger partial charge in [-0.15, -0.1) is 0 Å². The average Bonchev–Trinajstić information content (AvgIpc) is 2.30. The zero-order valence-electron chi connectivity index (χ0n) is 12.9. The third-order valence-electron chi connectivity index (χ3n) is 2.18. The molecule has 0 bridgehead atoms. The van der Waals surface area contributed by atoms with Crippen LogP contribution in [0.5, 0.6) is 0 Å². The van der Waals surface area contributed by atoms with Crippen LogP contribution in [0.4, 0.5) is 4.79 Å². The number of carbonyl (C=O) groups excluding carboxylic acids is 3. The monoisotopic (exact) mass is 303 g/mol. The minimum atomic E-state index is -0.748. The highest BCUT2D eigenvalue weighted by Crippen LogP contribution is 2.06. The molecule has 0 radical (unpaired) electrons. The maximum absolute atomic E-state index is 11.3. The molecule has 0 rings (SSSR count). The SMILES string of the molecule is CC(C)(C)OC(=O)NOCC(=O)NCCCCCC(N)=O. The maximum atomic E-state index is 11.3. The predicted octanol–water partition coefficient (Wildman–Crippen LogP) is 0.605. The van der Waals surface area contributed by atoms with Crippen LogP contribution in [0.25, 0.3) is 0 Å². The smallest absolute Gasteiger partial charge is 0.431 e. The third kappa shape index (κ3) is 14.4. The van der Waals surface area contributed by atoms with Crippen LogP contribution in [0.3, 0.4) is 0 Å². The number of hydrogen-bond donors (Lipinski definition) is 3. The Labute approximate surface area is 124 Å². The van der Waals surface area contributed by atoms with Gasteiger partial charge in [-0.3, -0.25) is 14.4 Å². The molecule has 0 saturated carbocycles. The fraction of sp³-hybridized carbons (Fsp3) is 0.769. The van der Waals surface area contributed by atoms with Crippen molar-refractivity contribution in [3.8, 4) is 0 Å². The highest BCUT2D eigenvalue weighted by molar-refractivity contribution is 5.77. The lowest BCUT2D eigenvalue weighted by atomic mass is 10.2. The van der Waals surface area contributed by atoms with E-state index in [0.29, 0.717) is 19.4 Å². The summed E-state index contributed by atoms with van der Waals surface area (Å²) in [6.07, 6.45) is 1.87. The standard InChI is InChI=1S/C13H25N3O5/c1-13(2,3)21-12(19)16-20-9-11(18)15-8-6-4-5-7-10(14)17/h4-9H2,1-3H3,(H2,14,17)(H,15,18)(H,16,19). The number of carbonyl (C=O) groups is 3. The van der Waals surface area contributed by atoms with Gasteiger partial charge in [0.2, 0.25) is 11.8 Å². The van der Waals surface area contributed by atoms with E-state index in [-0.39, 0.29) is 18.4 Å². The number of unbranched alkanes of at least 4 members (excludes halogenated alkanes) is 2. The first-order valence-electron chi connectivity index (χ1n) is 6.86. The highest BCUT2D eigenvalue weighted by Gasteiger charge is 2.16. The van der Waals surface area contributed by atoms with Crippen molar-refractivity contribution >= 4 is 17.9 Å². The second-order valence-electron chi connectivity index (χ2n) is 5.52. The summed E-state index contributed by atoms with van der Waals surface area (Å²) in [6, 6.07) is 0. The molecule has 0 heterocycles. The van der Waals surface area contributed by atoms with E-state index >= 15 is 0 Å². The largest absolute Gasteiger partial charge is 0.442 e. The summed E-state index contributed by atoms with van der Waals surface area (Å²) in [7, 11) is 0. The Hall–Kier alpha value is -1.83. The molecule has 0 aliphatic carbocycles. The van der Waals surface area contributed by atoms with Crippen molar-refractivity contribution in [3.63, 3.8) is 0 Å². The zero-order chi connectivity index (χ0) is 16.3. The lowest BCUT2D eigenvalue weighted by Crippen LogP contribution is -2.36. The van der Waals surface area contributed by atoms with Crippen LogP contribution in [0.2, 0.25) is 0 Å². The van der Waals surface area contributed by atoms with Crippen molar-refractivity contribution in [1.29, 1.82) is 0 Å². The molecule has 0 aliphatic rings. The minimum absolute atomic E-state index is 0.291. The first-order chi connectivity index (χ1) is 9.70. The van der Waals surface area contributed by atoms with Gasteiger partial charge in [0.15, 0.2) is 6.61 Å².